The lowest BCUT2D eigenvalue weighted by molar-refractivity contribution is 0.691. The van der Waals surface area contributed by atoms with E-state index in [1.54, 1.807) is 6.08 Å². The van der Waals surface area contributed by atoms with Crippen molar-refractivity contribution in [2.24, 2.45) is 0 Å². The minimum absolute atomic E-state index is 0.847. The Hall–Kier alpha value is 0.0900. The number of hydrogen-bond donors (Lipinski definition) is 0. The third-order valence-corrected chi connectivity index (χ3v) is 2.92. The van der Waals surface area contributed by atoms with E-state index in [2.05, 4.69) is 13.2 Å². The van der Waals surface area contributed by atoms with Crippen molar-refractivity contribution in [2.45, 2.75) is 37.9 Å². The maximum Gasteiger partial charge on any atom is 0.00417 e. The Bertz CT molecular complexity index is 74.8. The first-order valence-electron chi connectivity index (χ1n) is 3.91. The summed E-state index contributed by atoms with van der Waals surface area (Å²) in [6.45, 7) is 7.51. The molecule has 1 unspecified atom stereocenters. The number of hydrogen-bond acceptors (Lipinski definition) is 1. The van der Waals surface area contributed by atoms with E-state index in [1.165, 1.54) is 19.3 Å². The molecule has 0 aromatic carbocycles. The molecule has 1 atom stereocenters. The average molecular weight is 157 g/mol. The molecule has 0 aliphatic carbocycles. The fourth-order valence-electron chi connectivity index (χ4n) is 0.952. The van der Waals surface area contributed by atoms with Gasteiger partial charge in [-0.25, -0.2) is 0 Å². The lowest BCUT2D eigenvalue weighted by atomic mass is 10.1. The van der Waals surface area contributed by atoms with Crippen LogP contribution >= 0.6 is 11.8 Å². The van der Waals surface area contributed by atoms with Gasteiger partial charge in [0, 0.05) is 5.25 Å². The quantitative estimate of drug-likeness (QED) is 0.533. The Kier molecular flexibility index (Phi) is 7.26. The number of unbranched alkanes of at least 4 members (excludes halogenated alkanes) is 1. The Labute approximate surface area is 69.1 Å². The first kappa shape index (κ1) is 10.1. The van der Waals surface area contributed by atoms with Gasteiger partial charge in [0.1, 0.15) is 0 Å². The summed E-state index contributed by atoms with van der Waals surface area (Å²) in [5.74, 6) is 0. The molecule has 0 amide bonds. The van der Waals surface area contributed by atoms with Gasteiger partial charge in [-0.15, -0.1) is 0 Å². The molecule has 0 saturated carbocycles. The molecule has 0 aromatic rings. The van der Waals surface area contributed by atoms with Gasteiger partial charge in [-0.3, -0.25) is 0 Å². The van der Waals surface area contributed by atoms with E-state index in [0.29, 0.717) is 0 Å². The van der Waals surface area contributed by atoms with E-state index in [0.717, 1.165) is 11.7 Å². The molecule has 1 heteroatoms. The lowest BCUT2D eigenvalue weighted by Crippen LogP contribution is -1.98. The molecular formula is C9H17S. The highest BCUT2D eigenvalue weighted by Crippen LogP contribution is 2.17. The third kappa shape index (κ3) is 4.92. The summed E-state index contributed by atoms with van der Waals surface area (Å²) in [6.07, 6.45) is 8.84. The zero-order valence-corrected chi connectivity index (χ0v) is 7.79. The molecule has 0 spiro atoms. The fourth-order valence-corrected chi connectivity index (χ4v) is 1.69. The van der Waals surface area contributed by atoms with Crippen LogP contribution in [0, 0.1) is 6.58 Å². The van der Waals surface area contributed by atoms with Gasteiger partial charge in [-0.05, 0) is 31.9 Å². The molecule has 59 valence electrons. The highest BCUT2D eigenvalue weighted by atomic mass is 32.2. The molecular weight excluding hydrogens is 140 g/mol. The van der Waals surface area contributed by atoms with Crippen LogP contribution < -0.4 is 0 Å². The Morgan fingerprint density at radius 1 is 1.60 bits per heavy atom. The first-order valence-corrected chi connectivity index (χ1v) is 5.20. The smallest absolute Gasteiger partial charge is 0.00417 e. The highest BCUT2D eigenvalue weighted by Gasteiger charge is 2.01. The largest absolute Gasteiger partial charge is 0.162 e. The predicted octanol–water partition coefficient (Wildman–Crippen LogP) is 3.29. The summed E-state index contributed by atoms with van der Waals surface area (Å²) >= 11 is 1.97. The van der Waals surface area contributed by atoms with Crippen LogP contribution in [0.15, 0.2) is 6.08 Å². The van der Waals surface area contributed by atoms with Crippen LogP contribution in [0.25, 0.3) is 0 Å². The van der Waals surface area contributed by atoms with Gasteiger partial charge in [-0.1, -0.05) is 19.6 Å². The number of allylic oxidation sites excluding steroid dienone is 1. The molecule has 1 radical (unpaired) electrons. The van der Waals surface area contributed by atoms with Crippen molar-refractivity contribution in [1.29, 1.82) is 0 Å². The lowest BCUT2D eigenvalue weighted by Gasteiger charge is -2.09. The molecule has 0 fully saturated rings. The summed E-state index contributed by atoms with van der Waals surface area (Å²) in [7, 11) is 0. The van der Waals surface area contributed by atoms with Crippen LogP contribution in [-0.4, -0.2) is 11.5 Å². The Balaban J connectivity index is 3.16. The third-order valence-electron chi connectivity index (χ3n) is 1.69. The molecule has 0 nitrogen and oxygen atoms in total. The van der Waals surface area contributed by atoms with Gasteiger partial charge in [0.2, 0.25) is 0 Å². The Morgan fingerprint density at radius 2 is 2.30 bits per heavy atom. The average Bonchev–Trinajstić information content (AvgIpc) is 1.99. The van der Waals surface area contributed by atoms with Crippen molar-refractivity contribution < 1.29 is 0 Å². The first-order chi connectivity index (χ1) is 4.85. The van der Waals surface area contributed by atoms with Gasteiger partial charge >= 0.3 is 0 Å². The monoisotopic (exact) mass is 157 g/mol. The van der Waals surface area contributed by atoms with Crippen LogP contribution in [-0.2, 0) is 0 Å². The summed E-state index contributed by atoms with van der Waals surface area (Å²) < 4.78 is 0. The zero-order chi connectivity index (χ0) is 7.82. The molecule has 0 aromatic heterocycles. The highest BCUT2D eigenvalue weighted by molar-refractivity contribution is 7.99. The van der Waals surface area contributed by atoms with Crippen molar-refractivity contribution in [3.63, 3.8) is 0 Å². The molecule has 0 heterocycles. The second kappa shape index (κ2) is 7.20. The van der Waals surface area contributed by atoms with Gasteiger partial charge in [0.25, 0.3) is 0 Å². The molecule has 0 aliphatic rings. The topological polar surface area (TPSA) is 0 Å². The van der Waals surface area contributed by atoms with Gasteiger partial charge in [0.05, 0.1) is 0 Å². The van der Waals surface area contributed by atoms with Crippen LogP contribution in [0.3, 0.4) is 0 Å². The van der Waals surface area contributed by atoms with Gasteiger partial charge in [0.15, 0.2) is 0 Å². The standard InChI is InChI=1S/C9H17S/c1-4-6-7-8-9(5-2)10-3/h1,4,9H,5-8H2,2-3H3. The van der Waals surface area contributed by atoms with E-state index >= 15 is 0 Å². The summed E-state index contributed by atoms with van der Waals surface area (Å²) in [6, 6.07) is 0. The van der Waals surface area contributed by atoms with Crippen molar-refractivity contribution in [2.75, 3.05) is 6.26 Å². The fraction of sp³-hybridized carbons (Fsp3) is 0.778. The van der Waals surface area contributed by atoms with E-state index < -0.39 is 0 Å². The minimum atomic E-state index is 0.847. The minimum Gasteiger partial charge on any atom is -0.162 e. The molecule has 10 heavy (non-hydrogen) atoms. The van der Waals surface area contributed by atoms with Crippen molar-refractivity contribution >= 4 is 11.8 Å². The zero-order valence-electron chi connectivity index (χ0n) is 6.97. The van der Waals surface area contributed by atoms with E-state index in [9.17, 15) is 0 Å². The van der Waals surface area contributed by atoms with E-state index in [-0.39, 0.29) is 0 Å². The number of rotatable bonds is 6. The predicted molar refractivity (Wildman–Crippen MR) is 50.3 cm³/mol. The molecule has 0 aliphatic heterocycles. The van der Waals surface area contributed by atoms with Crippen molar-refractivity contribution in [3.05, 3.63) is 12.7 Å². The van der Waals surface area contributed by atoms with Crippen LogP contribution in [0.2, 0.25) is 0 Å². The van der Waals surface area contributed by atoms with Crippen LogP contribution in [0.1, 0.15) is 32.6 Å². The van der Waals surface area contributed by atoms with Crippen molar-refractivity contribution in [1.82, 2.24) is 0 Å². The summed E-state index contributed by atoms with van der Waals surface area (Å²) in [4.78, 5) is 0. The second-order valence-electron chi connectivity index (χ2n) is 2.43. The normalized spacial score (nSPS) is 13.0. The van der Waals surface area contributed by atoms with E-state index in [1.807, 2.05) is 11.8 Å². The SMILES string of the molecule is [CH]=CCCCC(CC)SC. The summed E-state index contributed by atoms with van der Waals surface area (Å²) in [5, 5.41) is 0.847. The Morgan fingerprint density at radius 3 is 2.70 bits per heavy atom. The maximum atomic E-state index is 5.27. The number of thioether (sulfide) groups is 1. The molecule has 0 saturated heterocycles. The molecule has 0 bridgehead atoms. The van der Waals surface area contributed by atoms with E-state index in [4.69, 9.17) is 6.58 Å². The molecule has 0 rings (SSSR count). The van der Waals surface area contributed by atoms with Crippen molar-refractivity contribution in [3.8, 4) is 0 Å². The summed E-state index contributed by atoms with van der Waals surface area (Å²) in [5.41, 5.74) is 0. The van der Waals surface area contributed by atoms with Gasteiger partial charge < -0.3 is 0 Å². The maximum absolute atomic E-state index is 5.27. The van der Waals surface area contributed by atoms with Crippen LogP contribution in [0.4, 0.5) is 0 Å². The van der Waals surface area contributed by atoms with Crippen LogP contribution in [0.5, 0.6) is 0 Å². The second-order valence-corrected chi connectivity index (χ2v) is 3.57. The van der Waals surface area contributed by atoms with Gasteiger partial charge in [-0.2, -0.15) is 11.8 Å². The molecule has 0 N–H and O–H groups in total.